The minimum Gasteiger partial charge on any atom is -0.355 e. The zero-order valence-electron chi connectivity index (χ0n) is 16.2. The van der Waals surface area contributed by atoms with Crippen LogP contribution in [0.3, 0.4) is 0 Å². The molecule has 1 fully saturated rings. The molecule has 0 bridgehead atoms. The van der Waals surface area contributed by atoms with E-state index in [0.717, 1.165) is 5.82 Å². The maximum absolute atomic E-state index is 12.6. The summed E-state index contributed by atoms with van der Waals surface area (Å²) in [7, 11) is -3.41. The highest BCUT2D eigenvalue weighted by Gasteiger charge is 2.33. The molecule has 27 heavy (non-hydrogen) atoms. The van der Waals surface area contributed by atoms with Crippen LogP contribution in [0.15, 0.2) is 24.4 Å². The number of nitrogens with two attached hydrogens (primary N) is 1. The smallest absolute Gasteiger partial charge is 0.227 e. The molecule has 0 saturated carbocycles. The van der Waals surface area contributed by atoms with Crippen LogP contribution in [-0.2, 0) is 14.8 Å². The molecule has 3 N–H and O–H groups in total. The molecule has 0 unspecified atom stereocenters. The fourth-order valence-corrected chi connectivity index (χ4v) is 4.64. The summed E-state index contributed by atoms with van der Waals surface area (Å²) in [4.78, 5) is 18.8. The highest BCUT2D eigenvalue weighted by atomic mass is 32.2. The van der Waals surface area contributed by atoms with Crippen LogP contribution in [0.25, 0.3) is 0 Å². The first-order valence-corrected chi connectivity index (χ1v) is 11.1. The first kappa shape index (κ1) is 21.6. The van der Waals surface area contributed by atoms with E-state index < -0.39 is 15.4 Å². The number of anilines is 1. The lowest BCUT2D eigenvalue weighted by molar-refractivity contribution is -0.130. The van der Waals surface area contributed by atoms with E-state index in [9.17, 15) is 13.2 Å². The number of nitrogens with zero attached hydrogens (tertiary/aromatic N) is 3. The molecule has 9 heteroatoms. The third-order valence-corrected chi connectivity index (χ3v) is 7.35. The second kappa shape index (κ2) is 9.48. The van der Waals surface area contributed by atoms with Crippen molar-refractivity contribution in [3.05, 3.63) is 24.4 Å². The molecule has 0 radical (unpaired) electrons. The number of sulfonamides is 1. The summed E-state index contributed by atoms with van der Waals surface area (Å²) >= 11 is 0. The van der Waals surface area contributed by atoms with Crippen molar-refractivity contribution < 1.29 is 13.2 Å². The van der Waals surface area contributed by atoms with Gasteiger partial charge in [0, 0.05) is 45.5 Å². The van der Waals surface area contributed by atoms with Gasteiger partial charge in [-0.05, 0) is 25.0 Å². The van der Waals surface area contributed by atoms with Crippen molar-refractivity contribution in [1.29, 1.82) is 0 Å². The van der Waals surface area contributed by atoms with Crippen molar-refractivity contribution in [3.63, 3.8) is 0 Å². The third kappa shape index (κ3) is 5.18. The van der Waals surface area contributed by atoms with Crippen molar-refractivity contribution >= 4 is 21.7 Å². The molecule has 1 amide bonds. The quantitative estimate of drug-likeness (QED) is 0.625. The normalized spacial score (nSPS) is 16.3. The van der Waals surface area contributed by atoms with Gasteiger partial charge in [0.05, 0.1) is 11.2 Å². The van der Waals surface area contributed by atoms with Crippen LogP contribution in [0.5, 0.6) is 0 Å². The Kier molecular flexibility index (Phi) is 7.58. The van der Waals surface area contributed by atoms with Crippen LogP contribution < -0.4 is 16.0 Å². The monoisotopic (exact) mass is 397 g/mol. The number of hydrogen-bond acceptors (Lipinski definition) is 6. The van der Waals surface area contributed by atoms with E-state index in [1.165, 1.54) is 4.31 Å². The van der Waals surface area contributed by atoms with E-state index >= 15 is 0 Å². The topological polar surface area (TPSA) is 109 Å². The summed E-state index contributed by atoms with van der Waals surface area (Å²) in [5.41, 5.74) is 5.16. The average molecular weight is 398 g/mol. The fourth-order valence-electron chi connectivity index (χ4n) is 3.30. The first-order valence-electron chi connectivity index (χ1n) is 9.50. The Morgan fingerprint density at radius 3 is 2.41 bits per heavy atom. The molecule has 2 heterocycles. The number of nitrogens with one attached hydrogen (secondary N) is 1. The third-order valence-electron chi connectivity index (χ3n) is 5.48. The van der Waals surface area contributed by atoms with Gasteiger partial charge < -0.3 is 16.0 Å². The second-order valence-electron chi connectivity index (χ2n) is 6.84. The van der Waals surface area contributed by atoms with Gasteiger partial charge in [0.1, 0.15) is 5.82 Å². The average Bonchev–Trinajstić information content (AvgIpc) is 2.70. The molecule has 0 aliphatic carbocycles. The molecule has 1 aliphatic heterocycles. The lowest BCUT2D eigenvalue weighted by atomic mass is 9.81. The number of hydrogen-bond donors (Lipinski definition) is 2. The summed E-state index contributed by atoms with van der Waals surface area (Å²) in [5.74, 6) is 0.598. The van der Waals surface area contributed by atoms with Gasteiger partial charge in [0.25, 0.3) is 0 Å². The maximum atomic E-state index is 12.6. The molecule has 1 aromatic heterocycles. The predicted octanol–water partition coefficient (Wildman–Crippen LogP) is 0.415. The number of aromatic nitrogens is 1. The molecule has 1 aromatic rings. The highest BCUT2D eigenvalue weighted by molar-refractivity contribution is 7.89. The van der Waals surface area contributed by atoms with Gasteiger partial charge in [-0.1, -0.05) is 19.9 Å². The molecular formula is C18H31N5O3S. The Hall–Kier alpha value is -1.71. The summed E-state index contributed by atoms with van der Waals surface area (Å²) in [5, 5.41) is 2.76. The van der Waals surface area contributed by atoms with Gasteiger partial charge >= 0.3 is 0 Å². The van der Waals surface area contributed by atoms with Gasteiger partial charge in [0.15, 0.2) is 0 Å². The van der Waals surface area contributed by atoms with Crippen molar-refractivity contribution in [2.45, 2.75) is 26.7 Å². The van der Waals surface area contributed by atoms with E-state index in [1.54, 1.807) is 6.20 Å². The van der Waals surface area contributed by atoms with E-state index in [4.69, 9.17) is 5.73 Å². The SMILES string of the molecule is CCC(CC)(CN)C(=O)NCCS(=O)(=O)N1CCN(c2ccccn2)CC1. The molecule has 8 nitrogen and oxygen atoms in total. The number of piperazine rings is 1. The predicted molar refractivity (Wildman–Crippen MR) is 107 cm³/mol. The Balaban J connectivity index is 1.84. The van der Waals surface area contributed by atoms with Crippen LogP contribution in [-0.4, -0.2) is 68.6 Å². The molecule has 152 valence electrons. The van der Waals surface area contributed by atoms with Gasteiger partial charge in [0.2, 0.25) is 15.9 Å². The lowest BCUT2D eigenvalue weighted by Crippen LogP contribution is -2.51. The number of carbonyl (C=O) groups excluding carboxylic acids is 1. The van der Waals surface area contributed by atoms with Crippen molar-refractivity contribution in [2.24, 2.45) is 11.1 Å². The van der Waals surface area contributed by atoms with Crippen LogP contribution in [0.1, 0.15) is 26.7 Å². The Bertz CT molecular complexity index is 691. The number of rotatable bonds is 9. The molecule has 1 aliphatic rings. The molecular weight excluding hydrogens is 366 g/mol. The number of carbonyl (C=O) groups is 1. The van der Waals surface area contributed by atoms with Crippen molar-refractivity contribution in [2.75, 3.05) is 49.9 Å². The summed E-state index contributed by atoms with van der Waals surface area (Å²) in [6.07, 6.45) is 3.00. The van der Waals surface area contributed by atoms with Crippen LogP contribution in [0.4, 0.5) is 5.82 Å². The van der Waals surface area contributed by atoms with E-state index in [0.29, 0.717) is 39.0 Å². The zero-order chi connectivity index (χ0) is 19.9. The largest absolute Gasteiger partial charge is 0.355 e. The minimum absolute atomic E-state index is 0.101. The Morgan fingerprint density at radius 1 is 1.22 bits per heavy atom. The van der Waals surface area contributed by atoms with Crippen LogP contribution >= 0.6 is 0 Å². The van der Waals surface area contributed by atoms with Crippen molar-refractivity contribution in [1.82, 2.24) is 14.6 Å². The molecule has 0 aromatic carbocycles. The van der Waals surface area contributed by atoms with Gasteiger partial charge in [-0.15, -0.1) is 0 Å². The number of pyridine rings is 1. The Morgan fingerprint density at radius 2 is 1.89 bits per heavy atom. The molecule has 0 atom stereocenters. The summed E-state index contributed by atoms with van der Waals surface area (Å²) in [6.45, 7) is 6.25. The lowest BCUT2D eigenvalue weighted by Gasteiger charge is -2.34. The maximum Gasteiger partial charge on any atom is 0.227 e. The minimum atomic E-state index is -3.41. The second-order valence-corrected chi connectivity index (χ2v) is 8.93. The summed E-state index contributed by atoms with van der Waals surface area (Å²) < 4.78 is 26.7. The van der Waals surface area contributed by atoms with Gasteiger partial charge in [-0.25, -0.2) is 13.4 Å². The standard InChI is InChI=1S/C18H31N5O3S/c1-3-18(4-2,15-19)17(24)21-9-14-27(25,26)23-12-10-22(11-13-23)16-7-5-6-8-20-16/h5-8H,3-4,9-15,19H2,1-2H3,(H,21,24). The summed E-state index contributed by atoms with van der Waals surface area (Å²) in [6, 6.07) is 5.70. The van der Waals surface area contributed by atoms with E-state index in [1.807, 2.05) is 32.0 Å². The van der Waals surface area contributed by atoms with Crippen molar-refractivity contribution in [3.8, 4) is 0 Å². The van der Waals surface area contributed by atoms with Crippen LogP contribution in [0.2, 0.25) is 0 Å². The van der Waals surface area contributed by atoms with Crippen LogP contribution in [0, 0.1) is 5.41 Å². The number of amides is 1. The van der Waals surface area contributed by atoms with E-state index in [2.05, 4.69) is 15.2 Å². The molecule has 2 rings (SSSR count). The van der Waals surface area contributed by atoms with Gasteiger partial charge in [-0.2, -0.15) is 4.31 Å². The fraction of sp³-hybridized carbons (Fsp3) is 0.667. The van der Waals surface area contributed by atoms with E-state index in [-0.39, 0.29) is 24.7 Å². The molecule has 1 saturated heterocycles. The van der Waals surface area contributed by atoms with Gasteiger partial charge in [-0.3, -0.25) is 4.79 Å². The molecule has 0 spiro atoms. The Labute approximate surface area is 162 Å². The first-order chi connectivity index (χ1) is 12.9. The zero-order valence-corrected chi connectivity index (χ0v) is 17.0. The highest BCUT2D eigenvalue weighted by Crippen LogP contribution is 2.24.